The first-order valence-electron chi connectivity index (χ1n) is 6.56. The van der Waals surface area contributed by atoms with E-state index in [0.717, 1.165) is 6.61 Å². The molecule has 0 aromatic heterocycles. The predicted octanol–water partition coefficient (Wildman–Crippen LogP) is 4.14. The molecule has 1 aliphatic heterocycles. The molecule has 0 radical (unpaired) electrons. The maximum Gasteiger partial charge on any atom is 0.0575 e. The van der Waals surface area contributed by atoms with Crippen LogP contribution in [0.3, 0.4) is 0 Å². The van der Waals surface area contributed by atoms with Crippen LogP contribution in [0.15, 0.2) is 30.3 Å². The zero-order chi connectivity index (χ0) is 11.2. The molecule has 1 aliphatic rings. The minimum absolute atomic E-state index is 0.528. The van der Waals surface area contributed by atoms with Gasteiger partial charge in [-0.25, -0.2) is 0 Å². The van der Waals surface area contributed by atoms with E-state index in [-0.39, 0.29) is 0 Å². The molecule has 1 fully saturated rings. The minimum Gasteiger partial charge on any atom is -0.378 e. The molecule has 88 valence electrons. The molecule has 0 N–H and O–H groups in total. The molecular formula is C15H22O. The first-order valence-corrected chi connectivity index (χ1v) is 6.56. The van der Waals surface area contributed by atoms with Crippen LogP contribution >= 0.6 is 0 Å². The summed E-state index contributed by atoms with van der Waals surface area (Å²) in [5.74, 6) is 0.624. The van der Waals surface area contributed by atoms with Crippen molar-refractivity contribution in [3.63, 3.8) is 0 Å². The first kappa shape index (κ1) is 11.7. The largest absolute Gasteiger partial charge is 0.378 e. The fourth-order valence-corrected chi connectivity index (χ4v) is 2.45. The maximum absolute atomic E-state index is 5.95. The number of ether oxygens (including phenoxy) is 1. The summed E-state index contributed by atoms with van der Waals surface area (Å²) in [7, 11) is 0. The predicted molar refractivity (Wildman–Crippen MR) is 67.7 cm³/mol. The van der Waals surface area contributed by atoms with Crippen molar-refractivity contribution in [2.45, 2.75) is 51.0 Å². The van der Waals surface area contributed by atoms with Gasteiger partial charge in [-0.2, -0.15) is 0 Å². The van der Waals surface area contributed by atoms with Gasteiger partial charge in [0.05, 0.1) is 12.7 Å². The molecule has 0 aliphatic carbocycles. The second-order valence-electron chi connectivity index (χ2n) is 4.78. The van der Waals surface area contributed by atoms with Crippen molar-refractivity contribution < 1.29 is 4.74 Å². The molecule has 1 saturated heterocycles. The van der Waals surface area contributed by atoms with Gasteiger partial charge < -0.3 is 4.74 Å². The van der Waals surface area contributed by atoms with Gasteiger partial charge in [0.2, 0.25) is 0 Å². The van der Waals surface area contributed by atoms with Gasteiger partial charge in [-0.3, -0.25) is 0 Å². The lowest BCUT2D eigenvalue weighted by atomic mass is 9.90. The highest BCUT2D eigenvalue weighted by Crippen LogP contribution is 2.29. The molecule has 2 atom stereocenters. The van der Waals surface area contributed by atoms with Crippen LogP contribution in [0.5, 0.6) is 0 Å². The molecule has 1 aromatic carbocycles. The Morgan fingerprint density at radius 3 is 2.62 bits per heavy atom. The summed E-state index contributed by atoms with van der Waals surface area (Å²) in [5, 5.41) is 0. The van der Waals surface area contributed by atoms with Crippen molar-refractivity contribution in [1.29, 1.82) is 0 Å². The maximum atomic E-state index is 5.95. The second-order valence-corrected chi connectivity index (χ2v) is 4.78. The van der Waals surface area contributed by atoms with Gasteiger partial charge in [-0.15, -0.1) is 0 Å². The second kappa shape index (κ2) is 6.05. The summed E-state index contributed by atoms with van der Waals surface area (Å²) >= 11 is 0. The molecule has 16 heavy (non-hydrogen) atoms. The number of unbranched alkanes of at least 4 members (excludes halogenated alkanes) is 1. The molecule has 0 saturated carbocycles. The van der Waals surface area contributed by atoms with E-state index in [1.54, 1.807) is 0 Å². The van der Waals surface area contributed by atoms with Crippen molar-refractivity contribution in [2.24, 2.45) is 0 Å². The standard InChI is InChI=1S/C15H22O/c1-2-3-9-15-11-10-14(12-16-15)13-7-5-4-6-8-13/h4-8,14-15H,2-3,9-12H2,1H3. The molecule has 2 rings (SSSR count). The lowest BCUT2D eigenvalue weighted by Crippen LogP contribution is -2.24. The van der Waals surface area contributed by atoms with E-state index >= 15 is 0 Å². The molecule has 0 spiro atoms. The molecule has 1 nitrogen and oxygen atoms in total. The summed E-state index contributed by atoms with van der Waals surface area (Å²) in [6.45, 7) is 3.16. The highest BCUT2D eigenvalue weighted by molar-refractivity contribution is 5.19. The summed E-state index contributed by atoms with van der Waals surface area (Å²) in [6, 6.07) is 10.8. The molecule has 0 amide bonds. The van der Waals surface area contributed by atoms with Crippen LogP contribution in [-0.2, 0) is 4.74 Å². The van der Waals surface area contributed by atoms with Gasteiger partial charge in [0.25, 0.3) is 0 Å². The zero-order valence-electron chi connectivity index (χ0n) is 10.2. The Labute approximate surface area is 98.8 Å². The van der Waals surface area contributed by atoms with Crippen molar-refractivity contribution in [3.05, 3.63) is 35.9 Å². The number of benzene rings is 1. The zero-order valence-corrected chi connectivity index (χ0v) is 10.2. The molecule has 1 heteroatoms. The van der Waals surface area contributed by atoms with E-state index in [2.05, 4.69) is 37.3 Å². The van der Waals surface area contributed by atoms with E-state index in [1.165, 1.54) is 37.7 Å². The van der Waals surface area contributed by atoms with E-state index in [9.17, 15) is 0 Å². The SMILES string of the molecule is CCCCC1CCC(c2ccccc2)CO1. The Hall–Kier alpha value is -0.820. The van der Waals surface area contributed by atoms with Crippen LogP contribution in [0.2, 0.25) is 0 Å². The summed E-state index contributed by atoms with van der Waals surface area (Å²) < 4.78 is 5.95. The van der Waals surface area contributed by atoms with Crippen LogP contribution in [0.1, 0.15) is 50.5 Å². The molecular weight excluding hydrogens is 196 g/mol. The Balaban J connectivity index is 1.81. The number of hydrogen-bond acceptors (Lipinski definition) is 1. The monoisotopic (exact) mass is 218 g/mol. The van der Waals surface area contributed by atoms with Crippen LogP contribution < -0.4 is 0 Å². The Morgan fingerprint density at radius 2 is 2.00 bits per heavy atom. The minimum atomic E-state index is 0.528. The van der Waals surface area contributed by atoms with Crippen LogP contribution in [0, 0.1) is 0 Å². The van der Waals surface area contributed by atoms with E-state index < -0.39 is 0 Å². The third-order valence-corrected chi connectivity index (χ3v) is 3.52. The first-order chi connectivity index (χ1) is 7.90. The Morgan fingerprint density at radius 1 is 1.19 bits per heavy atom. The normalized spacial score (nSPS) is 25.6. The molecule has 2 unspecified atom stereocenters. The van der Waals surface area contributed by atoms with Crippen molar-refractivity contribution in [2.75, 3.05) is 6.61 Å². The molecule has 1 heterocycles. The van der Waals surface area contributed by atoms with Crippen LogP contribution in [0.4, 0.5) is 0 Å². The van der Waals surface area contributed by atoms with E-state index in [1.807, 2.05) is 0 Å². The lowest BCUT2D eigenvalue weighted by Gasteiger charge is -2.29. The van der Waals surface area contributed by atoms with Crippen LogP contribution in [-0.4, -0.2) is 12.7 Å². The van der Waals surface area contributed by atoms with Crippen LogP contribution in [0.25, 0.3) is 0 Å². The van der Waals surface area contributed by atoms with E-state index in [0.29, 0.717) is 12.0 Å². The topological polar surface area (TPSA) is 9.23 Å². The number of hydrogen-bond donors (Lipinski definition) is 0. The smallest absolute Gasteiger partial charge is 0.0575 e. The average Bonchev–Trinajstić information content (AvgIpc) is 2.38. The summed E-state index contributed by atoms with van der Waals surface area (Å²) in [6.07, 6.45) is 6.89. The van der Waals surface area contributed by atoms with Crippen molar-refractivity contribution in [1.82, 2.24) is 0 Å². The molecule has 0 bridgehead atoms. The van der Waals surface area contributed by atoms with Gasteiger partial charge in [0, 0.05) is 5.92 Å². The van der Waals surface area contributed by atoms with Gasteiger partial charge in [-0.05, 0) is 24.8 Å². The molecule has 1 aromatic rings. The number of rotatable bonds is 4. The summed E-state index contributed by atoms with van der Waals surface area (Å²) in [5.41, 5.74) is 1.44. The lowest BCUT2D eigenvalue weighted by molar-refractivity contribution is -0.00189. The van der Waals surface area contributed by atoms with E-state index in [4.69, 9.17) is 4.74 Å². The van der Waals surface area contributed by atoms with Gasteiger partial charge in [0.1, 0.15) is 0 Å². The fourth-order valence-electron chi connectivity index (χ4n) is 2.45. The van der Waals surface area contributed by atoms with Gasteiger partial charge >= 0.3 is 0 Å². The van der Waals surface area contributed by atoms with Crippen molar-refractivity contribution in [3.8, 4) is 0 Å². The average molecular weight is 218 g/mol. The Kier molecular flexibility index (Phi) is 4.41. The highest BCUT2D eigenvalue weighted by Gasteiger charge is 2.22. The highest BCUT2D eigenvalue weighted by atomic mass is 16.5. The van der Waals surface area contributed by atoms with Gasteiger partial charge in [0.15, 0.2) is 0 Å². The fraction of sp³-hybridized carbons (Fsp3) is 0.600. The Bertz CT molecular complexity index is 286. The quantitative estimate of drug-likeness (QED) is 0.738. The van der Waals surface area contributed by atoms with Gasteiger partial charge in [-0.1, -0.05) is 50.1 Å². The van der Waals surface area contributed by atoms with Crippen molar-refractivity contribution >= 4 is 0 Å². The summed E-state index contributed by atoms with van der Waals surface area (Å²) in [4.78, 5) is 0. The third-order valence-electron chi connectivity index (χ3n) is 3.52. The third kappa shape index (κ3) is 3.08.